The van der Waals surface area contributed by atoms with Crippen LogP contribution in [-0.2, 0) is 11.3 Å². The minimum Gasteiger partial charge on any atom is -0.484 e. The van der Waals surface area contributed by atoms with Gasteiger partial charge >= 0.3 is 6.18 Å². The van der Waals surface area contributed by atoms with Crippen LogP contribution in [0.1, 0.15) is 24.8 Å². The fourth-order valence-electron chi connectivity index (χ4n) is 3.90. The topological polar surface area (TPSA) is 64.4 Å². The Hall–Kier alpha value is -1.76. The smallest absolute Gasteiger partial charge is 0.422 e. The summed E-state index contributed by atoms with van der Waals surface area (Å²) in [4.78, 5) is 12.4. The van der Waals surface area contributed by atoms with Crippen LogP contribution in [0.25, 0.3) is 0 Å². The van der Waals surface area contributed by atoms with Crippen LogP contribution < -0.4 is 15.8 Å². The zero-order valence-corrected chi connectivity index (χ0v) is 13.2. The Kier molecular flexibility index (Phi) is 4.71. The van der Waals surface area contributed by atoms with E-state index in [0.717, 1.165) is 24.8 Å². The SMILES string of the molecule is NC1C2CCC(C2)C1C(=O)NCc1ccc(OCC(F)(F)F)cc1. The number of ether oxygens (including phenoxy) is 1. The number of benzene rings is 1. The molecule has 2 saturated carbocycles. The molecule has 132 valence electrons. The highest BCUT2D eigenvalue weighted by Gasteiger charge is 2.48. The lowest BCUT2D eigenvalue weighted by atomic mass is 9.84. The van der Waals surface area contributed by atoms with Gasteiger partial charge in [-0.25, -0.2) is 0 Å². The monoisotopic (exact) mass is 342 g/mol. The highest BCUT2D eigenvalue weighted by molar-refractivity contribution is 5.80. The number of hydrogen-bond donors (Lipinski definition) is 2. The lowest BCUT2D eigenvalue weighted by Crippen LogP contribution is -2.45. The number of rotatable bonds is 5. The third-order valence-corrected chi connectivity index (χ3v) is 5.08. The van der Waals surface area contributed by atoms with Crippen LogP contribution in [0, 0.1) is 17.8 Å². The molecular formula is C17H21F3N2O2. The number of nitrogens with two attached hydrogens (primary N) is 1. The van der Waals surface area contributed by atoms with Crippen molar-refractivity contribution in [2.45, 2.75) is 38.0 Å². The average molecular weight is 342 g/mol. The van der Waals surface area contributed by atoms with E-state index in [1.165, 1.54) is 12.1 Å². The fourth-order valence-corrected chi connectivity index (χ4v) is 3.90. The summed E-state index contributed by atoms with van der Waals surface area (Å²) in [6.07, 6.45) is -1.12. The summed E-state index contributed by atoms with van der Waals surface area (Å²) < 4.78 is 40.9. The standard InChI is InChI=1S/C17H21F3N2O2/c18-17(19,20)9-24-13-5-1-10(2-6-13)8-22-16(23)14-11-3-4-12(7-11)15(14)21/h1-2,5-6,11-12,14-15H,3-4,7-9,21H2,(H,22,23). The minimum atomic E-state index is -4.36. The molecule has 3 rings (SSSR count). The van der Waals surface area contributed by atoms with E-state index in [1.807, 2.05) is 0 Å². The van der Waals surface area contributed by atoms with Crippen molar-refractivity contribution in [3.63, 3.8) is 0 Å². The third kappa shape index (κ3) is 3.83. The van der Waals surface area contributed by atoms with E-state index in [2.05, 4.69) is 10.1 Å². The molecule has 7 heteroatoms. The van der Waals surface area contributed by atoms with E-state index in [4.69, 9.17) is 5.73 Å². The molecule has 1 aromatic rings. The predicted octanol–water partition coefficient (Wildman–Crippen LogP) is 2.62. The summed E-state index contributed by atoms with van der Waals surface area (Å²) >= 11 is 0. The second kappa shape index (κ2) is 6.63. The molecule has 4 nitrogen and oxygen atoms in total. The van der Waals surface area contributed by atoms with Crippen LogP contribution in [-0.4, -0.2) is 24.7 Å². The fraction of sp³-hybridized carbons (Fsp3) is 0.588. The van der Waals surface area contributed by atoms with Gasteiger partial charge in [0.05, 0.1) is 5.92 Å². The molecule has 0 heterocycles. The van der Waals surface area contributed by atoms with E-state index >= 15 is 0 Å². The van der Waals surface area contributed by atoms with Gasteiger partial charge in [0.25, 0.3) is 0 Å². The van der Waals surface area contributed by atoms with Crippen molar-refractivity contribution >= 4 is 5.91 Å². The second-order valence-electron chi connectivity index (χ2n) is 6.70. The van der Waals surface area contributed by atoms with Gasteiger partial charge in [-0.2, -0.15) is 13.2 Å². The summed E-state index contributed by atoms with van der Waals surface area (Å²) in [6, 6.07) is 6.17. The zero-order valence-electron chi connectivity index (χ0n) is 13.2. The lowest BCUT2D eigenvalue weighted by molar-refractivity contribution is -0.153. The Morgan fingerprint density at radius 1 is 1.21 bits per heavy atom. The normalized spacial score (nSPS) is 28.8. The summed E-state index contributed by atoms with van der Waals surface area (Å²) in [5.74, 6) is 0.877. The molecule has 0 saturated heterocycles. The molecule has 2 fully saturated rings. The van der Waals surface area contributed by atoms with Gasteiger partial charge in [0.1, 0.15) is 5.75 Å². The van der Waals surface area contributed by atoms with E-state index in [1.54, 1.807) is 12.1 Å². The molecular weight excluding hydrogens is 321 g/mol. The summed E-state index contributed by atoms with van der Waals surface area (Å²) in [7, 11) is 0. The van der Waals surface area contributed by atoms with Crippen molar-refractivity contribution in [2.24, 2.45) is 23.5 Å². The van der Waals surface area contributed by atoms with Gasteiger partial charge in [-0.15, -0.1) is 0 Å². The maximum absolute atomic E-state index is 12.4. The number of carbonyl (C=O) groups excluding carboxylic acids is 1. The molecule has 0 aliphatic heterocycles. The van der Waals surface area contributed by atoms with Gasteiger partial charge in [0, 0.05) is 12.6 Å². The first kappa shape index (κ1) is 17.1. The number of nitrogens with one attached hydrogen (secondary N) is 1. The van der Waals surface area contributed by atoms with Crippen molar-refractivity contribution in [1.29, 1.82) is 0 Å². The quantitative estimate of drug-likeness (QED) is 0.865. The Labute approximate surface area is 138 Å². The molecule has 4 unspecified atom stereocenters. The van der Waals surface area contributed by atoms with Crippen LogP contribution >= 0.6 is 0 Å². The van der Waals surface area contributed by atoms with E-state index in [9.17, 15) is 18.0 Å². The highest BCUT2D eigenvalue weighted by atomic mass is 19.4. The molecule has 2 bridgehead atoms. The Balaban J connectivity index is 1.49. The van der Waals surface area contributed by atoms with Crippen LogP contribution in [0.4, 0.5) is 13.2 Å². The zero-order chi connectivity index (χ0) is 17.3. The van der Waals surface area contributed by atoms with E-state index in [0.29, 0.717) is 18.4 Å². The van der Waals surface area contributed by atoms with Gasteiger partial charge in [-0.1, -0.05) is 12.1 Å². The molecule has 1 aromatic carbocycles. The van der Waals surface area contributed by atoms with Gasteiger partial charge < -0.3 is 15.8 Å². The number of carbonyl (C=O) groups is 1. The van der Waals surface area contributed by atoms with Crippen LogP contribution in [0.15, 0.2) is 24.3 Å². The largest absolute Gasteiger partial charge is 0.484 e. The molecule has 1 amide bonds. The van der Waals surface area contributed by atoms with Crippen LogP contribution in [0.3, 0.4) is 0 Å². The molecule has 3 N–H and O–H groups in total. The second-order valence-corrected chi connectivity index (χ2v) is 6.70. The summed E-state index contributed by atoms with van der Waals surface area (Å²) in [5.41, 5.74) is 6.96. The molecule has 0 radical (unpaired) electrons. The predicted molar refractivity (Wildman–Crippen MR) is 82.1 cm³/mol. The Morgan fingerprint density at radius 3 is 2.46 bits per heavy atom. The van der Waals surface area contributed by atoms with Gasteiger partial charge in [0.15, 0.2) is 6.61 Å². The first-order valence-electron chi connectivity index (χ1n) is 8.15. The van der Waals surface area contributed by atoms with Crippen molar-refractivity contribution in [3.05, 3.63) is 29.8 Å². The van der Waals surface area contributed by atoms with Gasteiger partial charge in [-0.05, 0) is 48.8 Å². The third-order valence-electron chi connectivity index (χ3n) is 5.08. The number of amides is 1. The highest BCUT2D eigenvalue weighted by Crippen LogP contribution is 2.47. The van der Waals surface area contributed by atoms with Gasteiger partial charge in [0.2, 0.25) is 5.91 Å². The van der Waals surface area contributed by atoms with E-state index in [-0.39, 0.29) is 23.6 Å². The minimum absolute atomic E-state index is 0.0212. The number of alkyl halides is 3. The van der Waals surface area contributed by atoms with Crippen molar-refractivity contribution in [2.75, 3.05) is 6.61 Å². The number of halogens is 3. The molecule has 24 heavy (non-hydrogen) atoms. The molecule has 0 spiro atoms. The maximum atomic E-state index is 12.4. The Morgan fingerprint density at radius 2 is 1.88 bits per heavy atom. The van der Waals surface area contributed by atoms with Crippen molar-refractivity contribution < 1.29 is 22.7 Å². The number of fused-ring (bicyclic) bond motifs is 2. The maximum Gasteiger partial charge on any atom is 0.422 e. The van der Waals surface area contributed by atoms with Crippen LogP contribution in [0.5, 0.6) is 5.75 Å². The molecule has 2 aliphatic carbocycles. The summed E-state index contributed by atoms with van der Waals surface area (Å²) in [6.45, 7) is -0.982. The number of hydrogen-bond acceptors (Lipinski definition) is 3. The molecule has 2 aliphatic rings. The average Bonchev–Trinajstić information content (AvgIpc) is 3.12. The van der Waals surface area contributed by atoms with Crippen molar-refractivity contribution in [1.82, 2.24) is 5.32 Å². The summed E-state index contributed by atoms with van der Waals surface area (Å²) in [5, 5.41) is 2.89. The first-order valence-corrected chi connectivity index (χ1v) is 8.15. The first-order chi connectivity index (χ1) is 11.3. The van der Waals surface area contributed by atoms with Crippen LogP contribution in [0.2, 0.25) is 0 Å². The Bertz CT molecular complexity index is 586. The molecule has 0 aromatic heterocycles. The van der Waals surface area contributed by atoms with Crippen molar-refractivity contribution in [3.8, 4) is 5.75 Å². The van der Waals surface area contributed by atoms with Gasteiger partial charge in [-0.3, -0.25) is 4.79 Å². The van der Waals surface area contributed by atoms with E-state index < -0.39 is 12.8 Å². The lowest BCUT2D eigenvalue weighted by Gasteiger charge is -2.27. The molecule has 4 atom stereocenters.